The Balaban J connectivity index is 2.12. The van der Waals surface area contributed by atoms with Crippen LogP contribution in [0.4, 0.5) is 0 Å². The second-order valence-corrected chi connectivity index (χ2v) is 6.86. The van der Waals surface area contributed by atoms with Crippen molar-refractivity contribution in [2.45, 2.75) is 13.5 Å². The number of benzene rings is 2. The smallest absolute Gasteiger partial charge is 0.353 e. The van der Waals surface area contributed by atoms with Gasteiger partial charge in [-0.3, -0.25) is 0 Å². The first-order valence-electron chi connectivity index (χ1n) is 7.39. The molecule has 3 nitrogen and oxygen atoms in total. The second kappa shape index (κ2) is 6.83. The van der Waals surface area contributed by atoms with Crippen LogP contribution in [-0.2, 0) is 6.54 Å². The zero-order valence-corrected chi connectivity index (χ0v) is 15.3. The lowest BCUT2D eigenvalue weighted by atomic mass is 10.0. The molecule has 1 N–H and O–H groups in total. The van der Waals surface area contributed by atoms with Gasteiger partial charge in [-0.05, 0) is 41.8 Å². The van der Waals surface area contributed by atoms with Gasteiger partial charge in [0, 0.05) is 27.8 Å². The molecule has 1 aromatic heterocycles. The number of hydrogen-bond acceptors (Lipinski definition) is 1. The highest BCUT2D eigenvalue weighted by Gasteiger charge is 2.21. The quantitative estimate of drug-likeness (QED) is 0.612. The Morgan fingerprint density at radius 3 is 2.46 bits per heavy atom. The molecular formula is C19H15BrClNO2. The lowest BCUT2D eigenvalue weighted by Crippen LogP contribution is -2.10. The van der Waals surface area contributed by atoms with E-state index in [1.807, 2.05) is 49.5 Å². The molecule has 0 unspecified atom stereocenters. The minimum Gasteiger partial charge on any atom is -0.477 e. The molecule has 0 bridgehead atoms. The molecule has 0 saturated heterocycles. The lowest BCUT2D eigenvalue weighted by Gasteiger charge is -2.10. The summed E-state index contributed by atoms with van der Waals surface area (Å²) in [6.07, 6.45) is 1.88. The Morgan fingerprint density at radius 1 is 1.17 bits per heavy atom. The maximum Gasteiger partial charge on any atom is 0.353 e. The van der Waals surface area contributed by atoms with Crippen LogP contribution in [0.15, 0.2) is 59.2 Å². The summed E-state index contributed by atoms with van der Waals surface area (Å²) in [4.78, 5) is 11.9. The van der Waals surface area contributed by atoms with Crippen LogP contribution in [0.5, 0.6) is 0 Å². The number of carbonyl (C=O) groups is 1. The molecule has 1 heterocycles. The Morgan fingerprint density at radius 2 is 1.83 bits per heavy atom. The lowest BCUT2D eigenvalue weighted by molar-refractivity contribution is 0.0686. The second-order valence-electron chi connectivity index (χ2n) is 5.57. The number of aryl methyl sites for hydroxylation is 1. The minimum atomic E-state index is -0.944. The molecule has 5 heteroatoms. The van der Waals surface area contributed by atoms with E-state index in [1.54, 1.807) is 16.7 Å². The van der Waals surface area contributed by atoms with E-state index in [0.717, 1.165) is 26.7 Å². The van der Waals surface area contributed by atoms with Gasteiger partial charge in [0.25, 0.3) is 0 Å². The van der Waals surface area contributed by atoms with E-state index in [-0.39, 0.29) is 5.69 Å². The monoisotopic (exact) mass is 403 g/mol. The third kappa shape index (κ3) is 3.25. The number of aromatic nitrogens is 1. The van der Waals surface area contributed by atoms with Crippen LogP contribution in [0.1, 0.15) is 21.6 Å². The minimum absolute atomic E-state index is 0.283. The molecule has 0 spiro atoms. The SMILES string of the molecule is Cc1cn(Cc2ccccc2Br)c(C(=O)O)c1-c1ccc(Cl)cc1. The molecule has 0 saturated carbocycles. The van der Waals surface area contributed by atoms with E-state index in [4.69, 9.17) is 11.6 Å². The summed E-state index contributed by atoms with van der Waals surface area (Å²) in [6.45, 7) is 2.41. The van der Waals surface area contributed by atoms with Gasteiger partial charge in [0.1, 0.15) is 5.69 Å². The molecule has 0 aliphatic heterocycles. The first kappa shape index (κ1) is 16.8. The molecule has 3 rings (SSSR count). The van der Waals surface area contributed by atoms with Gasteiger partial charge in [0.05, 0.1) is 0 Å². The van der Waals surface area contributed by atoms with Gasteiger partial charge in [-0.15, -0.1) is 0 Å². The first-order chi connectivity index (χ1) is 11.5. The largest absolute Gasteiger partial charge is 0.477 e. The maximum atomic E-state index is 11.9. The average molecular weight is 405 g/mol. The third-order valence-corrected chi connectivity index (χ3v) is 4.93. The van der Waals surface area contributed by atoms with Gasteiger partial charge in [0.15, 0.2) is 0 Å². The molecule has 0 aliphatic rings. The summed E-state index contributed by atoms with van der Waals surface area (Å²) in [5, 5.41) is 10.4. The number of rotatable bonds is 4. The third-order valence-electron chi connectivity index (χ3n) is 3.90. The van der Waals surface area contributed by atoms with Crippen molar-refractivity contribution < 1.29 is 9.90 Å². The van der Waals surface area contributed by atoms with Crippen molar-refractivity contribution >= 4 is 33.5 Å². The van der Waals surface area contributed by atoms with Gasteiger partial charge in [-0.1, -0.05) is 57.9 Å². The van der Waals surface area contributed by atoms with E-state index in [9.17, 15) is 9.90 Å². The maximum absolute atomic E-state index is 11.9. The normalized spacial score (nSPS) is 10.8. The van der Waals surface area contributed by atoms with Crippen molar-refractivity contribution in [3.05, 3.63) is 81.0 Å². The molecule has 0 aliphatic carbocycles. The van der Waals surface area contributed by atoms with Crippen LogP contribution in [0.3, 0.4) is 0 Å². The van der Waals surface area contributed by atoms with Crippen molar-refractivity contribution in [1.82, 2.24) is 4.57 Å². The molecule has 2 aromatic carbocycles. The van der Waals surface area contributed by atoms with E-state index >= 15 is 0 Å². The van der Waals surface area contributed by atoms with Gasteiger partial charge in [-0.2, -0.15) is 0 Å². The first-order valence-corrected chi connectivity index (χ1v) is 8.57. The fraction of sp³-hybridized carbons (Fsp3) is 0.105. The van der Waals surface area contributed by atoms with Gasteiger partial charge >= 0.3 is 5.97 Å². The summed E-state index contributed by atoms with van der Waals surface area (Å²) in [5.74, 6) is -0.944. The molecular weight excluding hydrogens is 390 g/mol. The van der Waals surface area contributed by atoms with Crippen LogP contribution >= 0.6 is 27.5 Å². The van der Waals surface area contributed by atoms with Crippen LogP contribution in [0, 0.1) is 6.92 Å². The Kier molecular flexibility index (Phi) is 4.78. The predicted molar refractivity (Wildman–Crippen MR) is 99.8 cm³/mol. The van der Waals surface area contributed by atoms with Crippen LogP contribution in [0.2, 0.25) is 5.02 Å². The molecule has 0 radical (unpaired) electrons. The summed E-state index contributed by atoms with van der Waals surface area (Å²) >= 11 is 9.46. The van der Waals surface area contributed by atoms with Gasteiger partial charge < -0.3 is 9.67 Å². The molecule has 0 atom stereocenters. The van der Waals surface area contributed by atoms with Crippen LogP contribution < -0.4 is 0 Å². The standard InChI is InChI=1S/C19H15BrClNO2/c1-12-10-22(11-14-4-2-3-5-16(14)20)18(19(23)24)17(12)13-6-8-15(21)9-7-13/h2-10H,11H2,1H3,(H,23,24). The zero-order chi connectivity index (χ0) is 17.3. The molecule has 0 fully saturated rings. The number of carboxylic acids is 1. The molecule has 122 valence electrons. The Hall–Kier alpha value is -2.04. The van der Waals surface area contributed by atoms with Crippen LogP contribution in [0.25, 0.3) is 11.1 Å². The number of carboxylic acid groups (broad SMARTS) is 1. The van der Waals surface area contributed by atoms with Gasteiger partial charge in [-0.25, -0.2) is 4.79 Å². The fourth-order valence-corrected chi connectivity index (χ4v) is 3.37. The van der Waals surface area contributed by atoms with E-state index in [2.05, 4.69) is 15.9 Å². The Bertz CT molecular complexity index is 900. The highest BCUT2D eigenvalue weighted by Crippen LogP contribution is 2.31. The number of aromatic carboxylic acids is 1. The van der Waals surface area contributed by atoms with E-state index in [0.29, 0.717) is 11.6 Å². The predicted octanol–water partition coefficient (Wildman–Crippen LogP) is 5.63. The number of halogens is 2. The van der Waals surface area contributed by atoms with Crippen molar-refractivity contribution in [3.63, 3.8) is 0 Å². The van der Waals surface area contributed by atoms with Crippen molar-refractivity contribution in [1.29, 1.82) is 0 Å². The topological polar surface area (TPSA) is 42.2 Å². The molecule has 0 amide bonds. The van der Waals surface area contributed by atoms with E-state index < -0.39 is 5.97 Å². The summed E-state index contributed by atoms with van der Waals surface area (Å²) in [6, 6.07) is 15.0. The van der Waals surface area contributed by atoms with E-state index in [1.165, 1.54) is 0 Å². The van der Waals surface area contributed by atoms with Gasteiger partial charge in [0.2, 0.25) is 0 Å². The zero-order valence-electron chi connectivity index (χ0n) is 13.0. The summed E-state index contributed by atoms with van der Waals surface area (Å²) in [5.41, 5.74) is 3.80. The van der Waals surface area contributed by atoms with Crippen LogP contribution in [-0.4, -0.2) is 15.6 Å². The highest BCUT2D eigenvalue weighted by molar-refractivity contribution is 9.10. The highest BCUT2D eigenvalue weighted by atomic mass is 79.9. The summed E-state index contributed by atoms with van der Waals surface area (Å²) in [7, 11) is 0. The fourth-order valence-electron chi connectivity index (χ4n) is 2.84. The average Bonchev–Trinajstić information content (AvgIpc) is 2.87. The van der Waals surface area contributed by atoms with Crippen molar-refractivity contribution in [2.75, 3.05) is 0 Å². The molecule has 3 aromatic rings. The summed E-state index contributed by atoms with van der Waals surface area (Å²) < 4.78 is 2.74. The van der Waals surface area contributed by atoms with Crippen molar-refractivity contribution in [3.8, 4) is 11.1 Å². The number of nitrogens with zero attached hydrogens (tertiary/aromatic N) is 1. The number of hydrogen-bond donors (Lipinski definition) is 1. The molecule has 24 heavy (non-hydrogen) atoms. The van der Waals surface area contributed by atoms with Crippen molar-refractivity contribution in [2.24, 2.45) is 0 Å². The Labute approximate surface area is 153 Å².